The normalized spacial score (nSPS) is 15.6. The number of nitrogens with one attached hydrogen (secondary N) is 1. The van der Waals surface area contributed by atoms with Gasteiger partial charge in [-0.1, -0.05) is 25.1 Å². The number of nitrogens with zero attached hydrogens (tertiary/aromatic N) is 2. The van der Waals surface area contributed by atoms with Gasteiger partial charge in [0.1, 0.15) is 17.2 Å². The van der Waals surface area contributed by atoms with Gasteiger partial charge in [0, 0.05) is 22.3 Å². The molecule has 1 atom stereocenters. The van der Waals surface area contributed by atoms with Gasteiger partial charge < -0.3 is 14.0 Å². The molecular formula is C22H21N3O6S. The van der Waals surface area contributed by atoms with Gasteiger partial charge in [0.15, 0.2) is 0 Å². The SMILES string of the molecule is CC(C)[C@@H](NS(=O)(=O)c1ccc2oc3cc(-c4noc(C5CC5)n4)ccc3c2c1)C(=O)O. The maximum Gasteiger partial charge on any atom is 0.322 e. The molecule has 0 amide bonds. The number of carboxylic acids is 1. The molecule has 1 saturated carbocycles. The Morgan fingerprint density at radius 2 is 1.91 bits per heavy atom. The van der Waals surface area contributed by atoms with Crippen LogP contribution >= 0.6 is 0 Å². The average molecular weight is 455 g/mol. The van der Waals surface area contributed by atoms with E-state index in [0.29, 0.717) is 34.2 Å². The van der Waals surface area contributed by atoms with E-state index in [9.17, 15) is 18.3 Å². The number of carbonyl (C=O) groups is 1. The van der Waals surface area contributed by atoms with Crippen LogP contribution in [0.4, 0.5) is 0 Å². The van der Waals surface area contributed by atoms with Crippen molar-refractivity contribution in [2.45, 2.75) is 43.5 Å². The molecule has 2 aromatic carbocycles. The second-order valence-electron chi connectivity index (χ2n) is 8.38. The number of hydrogen-bond donors (Lipinski definition) is 2. The van der Waals surface area contributed by atoms with Crippen molar-refractivity contribution in [3.8, 4) is 11.4 Å². The van der Waals surface area contributed by atoms with Gasteiger partial charge in [-0.15, -0.1) is 0 Å². The van der Waals surface area contributed by atoms with Crippen molar-refractivity contribution >= 4 is 37.9 Å². The van der Waals surface area contributed by atoms with Gasteiger partial charge in [-0.3, -0.25) is 4.79 Å². The highest BCUT2D eigenvalue weighted by molar-refractivity contribution is 7.89. The van der Waals surface area contributed by atoms with E-state index in [2.05, 4.69) is 14.9 Å². The van der Waals surface area contributed by atoms with E-state index in [1.807, 2.05) is 12.1 Å². The van der Waals surface area contributed by atoms with Crippen LogP contribution in [-0.4, -0.2) is 35.7 Å². The lowest BCUT2D eigenvalue weighted by molar-refractivity contribution is -0.140. The van der Waals surface area contributed by atoms with Gasteiger partial charge in [0.05, 0.1) is 4.90 Å². The zero-order valence-electron chi connectivity index (χ0n) is 17.4. The first kappa shape index (κ1) is 20.7. The van der Waals surface area contributed by atoms with Crippen molar-refractivity contribution in [2.75, 3.05) is 0 Å². The van der Waals surface area contributed by atoms with Crippen LogP contribution in [0.1, 0.15) is 38.5 Å². The highest BCUT2D eigenvalue weighted by Gasteiger charge is 2.30. The lowest BCUT2D eigenvalue weighted by Crippen LogP contribution is -2.44. The number of aromatic nitrogens is 2. The Morgan fingerprint density at radius 3 is 2.59 bits per heavy atom. The molecule has 166 valence electrons. The summed E-state index contributed by atoms with van der Waals surface area (Å²) in [7, 11) is -4.04. The highest BCUT2D eigenvalue weighted by atomic mass is 32.2. The second kappa shape index (κ2) is 7.42. The molecular weight excluding hydrogens is 434 g/mol. The molecule has 0 unspecified atom stereocenters. The van der Waals surface area contributed by atoms with Gasteiger partial charge in [-0.25, -0.2) is 8.42 Å². The summed E-state index contributed by atoms with van der Waals surface area (Å²) < 4.78 is 39.2. The average Bonchev–Trinajstić information content (AvgIpc) is 3.36. The predicted octanol–water partition coefficient (Wildman–Crippen LogP) is 3.90. The number of benzene rings is 2. The Kier molecular flexibility index (Phi) is 4.79. The lowest BCUT2D eigenvalue weighted by atomic mass is 10.1. The first-order valence-electron chi connectivity index (χ1n) is 10.3. The number of fused-ring (bicyclic) bond motifs is 3. The van der Waals surface area contributed by atoms with Crippen LogP contribution in [0.5, 0.6) is 0 Å². The van der Waals surface area contributed by atoms with Crippen molar-refractivity contribution in [1.29, 1.82) is 0 Å². The molecule has 0 saturated heterocycles. The quantitative estimate of drug-likeness (QED) is 0.428. The lowest BCUT2D eigenvalue weighted by Gasteiger charge is -2.17. The molecule has 2 N–H and O–H groups in total. The standard InChI is InChI=1S/C22H21N3O6S/c1-11(2)19(22(26)27)25-32(28,29)14-6-8-17-16(10-14)15-7-5-13(9-18(15)30-17)20-23-21(31-24-20)12-3-4-12/h5-12,19,25H,3-4H2,1-2H3,(H,26,27)/t19-/m1/s1. The molecule has 1 aliphatic rings. The molecule has 0 spiro atoms. The van der Waals surface area contributed by atoms with E-state index in [1.54, 1.807) is 26.0 Å². The fraction of sp³-hybridized carbons (Fsp3) is 0.318. The van der Waals surface area contributed by atoms with Gasteiger partial charge in [-0.2, -0.15) is 9.71 Å². The van der Waals surface area contributed by atoms with E-state index in [-0.39, 0.29) is 4.90 Å². The minimum atomic E-state index is -4.04. The summed E-state index contributed by atoms with van der Waals surface area (Å²) in [6.07, 6.45) is 2.13. The second-order valence-corrected chi connectivity index (χ2v) is 10.1. The molecule has 2 heterocycles. The minimum absolute atomic E-state index is 0.0316. The van der Waals surface area contributed by atoms with E-state index in [1.165, 1.54) is 12.1 Å². The minimum Gasteiger partial charge on any atom is -0.480 e. The smallest absolute Gasteiger partial charge is 0.322 e. The number of sulfonamides is 1. The Labute approximate surface area is 183 Å². The fourth-order valence-electron chi connectivity index (χ4n) is 3.62. The van der Waals surface area contributed by atoms with Crippen LogP contribution in [0.15, 0.2) is 50.2 Å². The topological polar surface area (TPSA) is 136 Å². The van der Waals surface area contributed by atoms with Gasteiger partial charge in [-0.05, 0) is 49.1 Å². The maximum absolute atomic E-state index is 12.8. The highest BCUT2D eigenvalue weighted by Crippen LogP contribution is 2.40. The molecule has 0 aliphatic heterocycles. The van der Waals surface area contributed by atoms with Crippen molar-refractivity contribution in [2.24, 2.45) is 5.92 Å². The number of hydrogen-bond acceptors (Lipinski definition) is 7. The molecule has 4 aromatic rings. The first-order valence-corrected chi connectivity index (χ1v) is 11.8. The third kappa shape index (κ3) is 3.65. The summed E-state index contributed by atoms with van der Waals surface area (Å²) in [5.74, 6) is -0.151. The number of carboxylic acid groups (broad SMARTS) is 1. The van der Waals surface area contributed by atoms with Crippen molar-refractivity contribution in [1.82, 2.24) is 14.9 Å². The molecule has 9 nitrogen and oxygen atoms in total. The molecule has 1 aliphatic carbocycles. The molecule has 10 heteroatoms. The summed E-state index contributed by atoms with van der Waals surface area (Å²) in [6, 6.07) is 8.67. The zero-order valence-corrected chi connectivity index (χ0v) is 18.2. The van der Waals surface area contributed by atoms with Crippen LogP contribution in [0.2, 0.25) is 0 Å². The van der Waals surface area contributed by atoms with E-state index < -0.39 is 28.0 Å². The Morgan fingerprint density at radius 1 is 1.12 bits per heavy atom. The number of furan rings is 1. The monoisotopic (exact) mass is 455 g/mol. The van der Waals surface area contributed by atoms with E-state index in [0.717, 1.165) is 23.8 Å². The summed E-state index contributed by atoms with van der Waals surface area (Å²) in [4.78, 5) is 15.8. The fourth-order valence-corrected chi connectivity index (χ4v) is 4.98. The Balaban J connectivity index is 1.51. The van der Waals surface area contributed by atoms with Crippen molar-refractivity contribution in [3.63, 3.8) is 0 Å². The Hall–Kier alpha value is -3.24. The van der Waals surface area contributed by atoms with Crippen molar-refractivity contribution < 1.29 is 27.3 Å². The maximum atomic E-state index is 12.8. The summed E-state index contributed by atoms with van der Waals surface area (Å²) in [5.41, 5.74) is 1.81. The molecule has 0 bridgehead atoms. The predicted molar refractivity (Wildman–Crippen MR) is 116 cm³/mol. The molecule has 0 radical (unpaired) electrons. The van der Waals surface area contributed by atoms with Crippen LogP contribution in [0, 0.1) is 5.92 Å². The van der Waals surface area contributed by atoms with Gasteiger partial charge in [0.25, 0.3) is 0 Å². The number of aliphatic carboxylic acids is 1. The van der Waals surface area contributed by atoms with Gasteiger partial charge in [0.2, 0.25) is 21.7 Å². The van der Waals surface area contributed by atoms with Crippen LogP contribution in [0.3, 0.4) is 0 Å². The summed E-state index contributed by atoms with van der Waals surface area (Å²) >= 11 is 0. The zero-order chi connectivity index (χ0) is 22.6. The Bertz CT molecular complexity index is 1450. The number of rotatable bonds is 7. The third-order valence-electron chi connectivity index (χ3n) is 5.59. The largest absolute Gasteiger partial charge is 0.480 e. The molecule has 32 heavy (non-hydrogen) atoms. The first-order chi connectivity index (χ1) is 15.2. The molecule has 1 fully saturated rings. The van der Waals surface area contributed by atoms with Crippen LogP contribution in [-0.2, 0) is 14.8 Å². The van der Waals surface area contributed by atoms with Crippen LogP contribution < -0.4 is 4.72 Å². The van der Waals surface area contributed by atoms with Gasteiger partial charge >= 0.3 is 5.97 Å². The van der Waals surface area contributed by atoms with E-state index >= 15 is 0 Å². The summed E-state index contributed by atoms with van der Waals surface area (Å²) in [6.45, 7) is 3.28. The summed E-state index contributed by atoms with van der Waals surface area (Å²) in [5, 5.41) is 14.7. The van der Waals surface area contributed by atoms with E-state index in [4.69, 9.17) is 8.94 Å². The van der Waals surface area contributed by atoms with Crippen molar-refractivity contribution in [3.05, 3.63) is 42.3 Å². The molecule has 5 rings (SSSR count). The molecule has 2 aromatic heterocycles. The third-order valence-corrected chi connectivity index (χ3v) is 7.03. The van der Waals surface area contributed by atoms with Crippen LogP contribution in [0.25, 0.3) is 33.3 Å².